The van der Waals surface area contributed by atoms with Crippen molar-refractivity contribution >= 4 is 5.96 Å². The molecule has 1 aliphatic rings. The molecule has 0 unspecified atom stereocenters. The number of hydrogen-bond acceptors (Lipinski definition) is 4. The van der Waals surface area contributed by atoms with Crippen LogP contribution in [0.2, 0.25) is 0 Å². The van der Waals surface area contributed by atoms with Crippen molar-refractivity contribution in [3.8, 4) is 11.4 Å². The first-order chi connectivity index (χ1) is 15.7. The summed E-state index contributed by atoms with van der Waals surface area (Å²) in [5.41, 5.74) is 3.34. The molecule has 0 aliphatic carbocycles. The van der Waals surface area contributed by atoms with Gasteiger partial charge in [-0.2, -0.15) is 5.10 Å². The molecule has 2 heterocycles. The van der Waals surface area contributed by atoms with Crippen molar-refractivity contribution in [2.75, 3.05) is 27.2 Å². The van der Waals surface area contributed by atoms with E-state index < -0.39 is 0 Å². The molecule has 1 aromatic heterocycles. The van der Waals surface area contributed by atoms with Gasteiger partial charge in [-0.3, -0.25) is 9.89 Å². The van der Waals surface area contributed by atoms with Crippen LogP contribution in [-0.4, -0.2) is 53.9 Å². The average Bonchev–Trinajstić information content (AvgIpc) is 3.32. The van der Waals surface area contributed by atoms with Crippen molar-refractivity contribution < 1.29 is 4.74 Å². The van der Waals surface area contributed by atoms with Crippen LogP contribution in [0.3, 0.4) is 0 Å². The summed E-state index contributed by atoms with van der Waals surface area (Å²) in [6.45, 7) is 3.83. The zero-order chi connectivity index (χ0) is 22.2. The van der Waals surface area contributed by atoms with Crippen LogP contribution in [0.15, 0.2) is 71.9 Å². The van der Waals surface area contributed by atoms with Gasteiger partial charge in [-0.05, 0) is 48.7 Å². The molecule has 2 N–H and O–H groups in total. The number of aromatic nitrogens is 2. The van der Waals surface area contributed by atoms with Gasteiger partial charge in [0.2, 0.25) is 0 Å². The Labute approximate surface area is 190 Å². The summed E-state index contributed by atoms with van der Waals surface area (Å²) >= 11 is 0. The van der Waals surface area contributed by atoms with Crippen LogP contribution in [0.5, 0.6) is 5.75 Å². The van der Waals surface area contributed by atoms with E-state index in [1.165, 1.54) is 5.56 Å². The van der Waals surface area contributed by atoms with Crippen LogP contribution in [0.1, 0.15) is 24.1 Å². The molecule has 7 heteroatoms. The van der Waals surface area contributed by atoms with Crippen molar-refractivity contribution in [3.05, 3.63) is 78.1 Å². The molecule has 1 saturated heterocycles. The summed E-state index contributed by atoms with van der Waals surface area (Å²) in [5, 5.41) is 11.6. The summed E-state index contributed by atoms with van der Waals surface area (Å²) < 4.78 is 7.09. The van der Waals surface area contributed by atoms with Gasteiger partial charge in [0, 0.05) is 38.9 Å². The zero-order valence-corrected chi connectivity index (χ0v) is 18.9. The highest BCUT2D eigenvalue weighted by molar-refractivity contribution is 5.79. The third kappa shape index (κ3) is 5.88. The highest BCUT2D eigenvalue weighted by Gasteiger charge is 2.20. The normalized spacial score (nSPS) is 15.5. The maximum absolute atomic E-state index is 5.22. The molecule has 4 rings (SSSR count). The first kappa shape index (κ1) is 21.9. The topological polar surface area (TPSA) is 66.7 Å². The summed E-state index contributed by atoms with van der Waals surface area (Å²) in [7, 11) is 3.48. The van der Waals surface area contributed by atoms with Crippen molar-refractivity contribution in [2.45, 2.75) is 32.0 Å². The maximum Gasteiger partial charge on any atom is 0.191 e. The summed E-state index contributed by atoms with van der Waals surface area (Å²) in [6, 6.07) is 21.0. The van der Waals surface area contributed by atoms with E-state index >= 15 is 0 Å². The fourth-order valence-corrected chi connectivity index (χ4v) is 3.97. The summed E-state index contributed by atoms with van der Waals surface area (Å²) in [5.74, 6) is 1.66. The lowest BCUT2D eigenvalue weighted by atomic mass is 10.0. The van der Waals surface area contributed by atoms with Gasteiger partial charge in [-0.25, -0.2) is 4.68 Å². The molecule has 0 radical (unpaired) electrons. The van der Waals surface area contributed by atoms with E-state index in [0.717, 1.165) is 55.6 Å². The van der Waals surface area contributed by atoms with Gasteiger partial charge in [-0.1, -0.05) is 30.3 Å². The molecule has 2 aromatic carbocycles. The van der Waals surface area contributed by atoms with Crippen molar-refractivity contribution in [3.63, 3.8) is 0 Å². The molecule has 3 aromatic rings. The van der Waals surface area contributed by atoms with Crippen LogP contribution in [0, 0.1) is 0 Å². The molecule has 32 heavy (non-hydrogen) atoms. The van der Waals surface area contributed by atoms with Gasteiger partial charge in [0.05, 0.1) is 25.0 Å². The lowest BCUT2D eigenvalue weighted by Gasteiger charge is -2.33. The fourth-order valence-electron chi connectivity index (χ4n) is 3.97. The summed E-state index contributed by atoms with van der Waals surface area (Å²) in [4.78, 5) is 6.92. The Morgan fingerprint density at radius 2 is 1.81 bits per heavy atom. The molecule has 168 valence electrons. The number of hydrogen-bond donors (Lipinski definition) is 2. The molecule has 0 atom stereocenters. The predicted octanol–water partition coefficient (Wildman–Crippen LogP) is 3.21. The molecule has 1 aliphatic heterocycles. The second-order valence-corrected chi connectivity index (χ2v) is 8.06. The quantitative estimate of drug-likeness (QED) is 0.443. The lowest BCUT2D eigenvalue weighted by molar-refractivity contribution is 0.198. The molecular weight excluding hydrogens is 400 g/mol. The third-order valence-corrected chi connectivity index (χ3v) is 5.82. The van der Waals surface area contributed by atoms with E-state index in [4.69, 9.17) is 4.74 Å². The number of nitrogens with one attached hydrogen (secondary N) is 2. The molecule has 1 fully saturated rings. The number of methoxy groups -OCH3 is 1. The molecule has 0 saturated carbocycles. The average molecular weight is 433 g/mol. The Morgan fingerprint density at radius 3 is 2.50 bits per heavy atom. The van der Waals surface area contributed by atoms with Crippen LogP contribution in [0.4, 0.5) is 0 Å². The number of likely N-dealkylation sites (tertiary alicyclic amines) is 1. The predicted molar refractivity (Wildman–Crippen MR) is 128 cm³/mol. The van der Waals surface area contributed by atoms with Crippen LogP contribution in [0.25, 0.3) is 5.69 Å². The molecule has 0 amide bonds. The zero-order valence-electron chi connectivity index (χ0n) is 18.9. The van der Waals surface area contributed by atoms with Crippen LogP contribution in [-0.2, 0) is 13.1 Å². The Bertz CT molecular complexity index is 991. The van der Waals surface area contributed by atoms with Gasteiger partial charge in [0.1, 0.15) is 5.75 Å². The third-order valence-electron chi connectivity index (χ3n) is 5.82. The van der Waals surface area contributed by atoms with Gasteiger partial charge < -0.3 is 15.4 Å². The number of nitrogens with zero attached hydrogens (tertiary/aromatic N) is 4. The molecule has 7 nitrogen and oxygen atoms in total. The smallest absolute Gasteiger partial charge is 0.191 e. The van der Waals surface area contributed by atoms with Gasteiger partial charge in [0.25, 0.3) is 0 Å². The number of guanidine groups is 1. The fraction of sp³-hybridized carbons (Fsp3) is 0.360. The van der Waals surface area contributed by atoms with Gasteiger partial charge in [0.15, 0.2) is 5.96 Å². The van der Waals surface area contributed by atoms with E-state index in [-0.39, 0.29) is 0 Å². The molecular formula is C25H32N6O. The Balaban J connectivity index is 1.23. The highest BCUT2D eigenvalue weighted by atomic mass is 16.5. The molecule has 0 bridgehead atoms. The van der Waals surface area contributed by atoms with E-state index in [1.54, 1.807) is 7.11 Å². The van der Waals surface area contributed by atoms with Crippen molar-refractivity contribution in [1.29, 1.82) is 0 Å². The van der Waals surface area contributed by atoms with Crippen molar-refractivity contribution in [2.24, 2.45) is 4.99 Å². The first-order valence-corrected chi connectivity index (χ1v) is 11.2. The SMILES string of the molecule is CN=C(NCc1ccn(-c2ccc(OC)cc2)n1)NC1CCN(Cc2ccccc2)CC1. The standard InChI is InChI=1S/C25H32N6O/c1-26-25(28-21-12-15-30(16-13-21)19-20-6-4-3-5-7-20)27-18-22-14-17-31(29-22)23-8-10-24(32-2)11-9-23/h3-11,14,17,21H,12-13,15-16,18-19H2,1-2H3,(H2,26,27,28). The van der Waals surface area contributed by atoms with E-state index in [1.807, 2.05) is 48.3 Å². The van der Waals surface area contributed by atoms with E-state index in [0.29, 0.717) is 12.6 Å². The summed E-state index contributed by atoms with van der Waals surface area (Å²) in [6.07, 6.45) is 4.19. The second-order valence-electron chi connectivity index (χ2n) is 8.06. The second kappa shape index (κ2) is 10.8. The van der Waals surface area contributed by atoms with Gasteiger partial charge >= 0.3 is 0 Å². The van der Waals surface area contributed by atoms with Crippen LogP contribution >= 0.6 is 0 Å². The maximum atomic E-state index is 5.22. The number of rotatable bonds is 7. The lowest BCUT2D eigenvalue weighted by Crippen LogP contribution is -2.48. The number of aliphatic imine (C=N–C) groups is 1. The Kier molecular flexibility index (Phi) is 7.40. The van der Waals surface area contributed by atoms with E-state index in [2.05, 4.69) is 56.0 Å². The van der Waals surface area contributed by atoms with Crippen LogP contribution < -0.4 is 15.4 Å². The minimum absolute atomic E-state index is 0.435. The first-order valence-electron chi connectivity index (χ1n) is 11.2. The van der Waals surface area contributed by atoms with E-state index in [9.17, 15) is 0 Å². The minimum Gasteiger partial charge on any atom is -0.497 e. The minimum atomic E-state index is 0.435. The monoisotopic (exact) mass is 432 g/mol. The Hall–Kier alpha value is -3.32. The number of ether oxygens (including phenoxy) is 1. The van der Waals surface area contributed by atoms with Gasteiger partial charge in [-0.15, -0.1) is 0 Å². The Morgan fingerprint density at radius 1 is 1.06 bits per heavy atom. The number of benzene rings is 2. The van der Waals surface area contributed by atoms with Crippen molar-refractivity contribution in [1.82, 2.24) is 25.3 Å². The highest BCUT2D eigenvalue weighted by Crippen LogP contribution is 2.15. The molecule has 0 spiro atoms. The largest absolute Gasteiger partial charge is 0.497 e. The number of piperidine rings is 1.